The highest BCUT2D eigenvalue weighted by molar-refractivity contribution is 7.92. The highest BCUT2D eigenvalue weighted by Gasteiger charge is 2.33. The van der Waals surface area contributed by atoms with E-state index in [1.54, 1.807) is 24.3 Å². The summed E-state index contributed by atoms with van der Waals surface area (Å²) in [6, 6.07) is 19.3. The molecule has 3 aromatic carbocycles. The van der Waals surface area contributed by atoms with Gasteiger partial charge in [-0.3, -0.25) is 13.9 Å². The maximum absolute atomic E-state index is 13.8. The molecule has 43 heavy (non-hydrogen) atoms. The number of alkyl halides is 3. The molecule has 2 amide bonds. The minimum Gasteiger partial charge on any atom is -0.354 e. The van der Waals surface area contributed by atoms with Crippen molar-refractivity contribution in [2.24, 2.45) is 0 Å². The van der Waals surface area contributed by atoms with E-state index in [2.05, 4.69) is 5.32 Å². The highest BCUT2D eigenvalue weighted by Crippen LogP contribution is 2.32. The number of carbonyl (C=O) groups excluding carboxylic acids is 2. The van der Waals surface area contributed by atoms with Crippen LogP contribution in [0.25, 0.3) is 0 Å². The van der Waals surface area contributed by atoms with E-state index in [9.17, 15) is 31.2 Å². The Hall–Kier alpha value is -3.57. The Morgan fingerprint density at radius 1 is 0.977 bits per heavy atom. The van der Waals surface area contributed by atoms with Crippen molar-refractivity contribution in [2.45, 2.75) is 51.4 Å². The zero-order valence-corrected chi connectivity index (χ0v) is 25.6. The third kappa shape index (κ3) is 10.00. The van der Waals surface area contributed by atoms with Gasteiger partial charge in [-0.1, -0.05) is 73.1 Å². The molecule has 0 heterocycles. The van der Waals surface area contributed by atoms with Crippen LogP contribution in [-0.2, 0) is 38.8 Å². The van der Waals surface area contributed by atoms with E-state index in [1.807, 2.05) is 37.3 Å². The van der Waals surface area contributed by atoms with Crippen molar-refractivity contribution in [3.05, 3.63) is 101 Å². The number of nitrogens with zero attached hydrogens (tertiary/aromatic N) is 2. The second-order valence-corrected chi connectivity index (χ2v) is 12.4. The molecule has 232 valence electrons. The smallest absolute Gasteiger partial charge is 0.354 e. The molecule has 1 atom stereocenters. The first kappa shape index (κ1) is 33.9. The number of carbonyl (C=O) groups is 2. The fourth-order valence-electron chi connectivity index (χ4n) is 4.57. The fraction of sp³-hybridized carbons (Fsp3) is 0.355. The Kier molecular flexibility index (Phi) is 12.0. The third-order valence-electron chi connectivity index (χ3n) is 6.73. The van der Waals surface area contributed by atoms with E-state index in [-0.39, 0.29) is 43.9 Å². The van der Waals surface area contributed by atoms with E-state index in [4.69, 9.17) is 11.6 Å². The molecule has 1 N–H and O–H groups in total. The minimum atomic E-state index is -4.65. The number of halogens is 4. The van der Waals surface area contributed by atoms with E-state index < -0.39 is 33.7 Å². The van der Waals surface area contributed by atoms with Gasteiger partial charge in [0.15, 0.2) is 0 Å². The van der Waals surface area contributed by atoms with E-state index >= 15 is 0 Å². The van der Waals surface area contributed by atoms with Crippen molar-refractivity contribution in [3.8, 4) is 0 Å². The molecular weight excluding hydrogens is 603 g/mol. The fourth-order valence-corrected chi connectivity index (χ4v) is 5.72. The van der Waals surface area contributed by atoms with Gasteiger partial charge in [0.2, 0.25) is 21.8 Å². The van der Waals surface area contributed by atoms with Crippen LogP contribution in [0.1, 0.15) is 42.9 Å². The second kappa shape index (κ2) is 15.2. The molecule has 0 aromatic heterocycles. The normalized spacial score (nSPS) is 12.4. The first-order valence-electron chi connectivity index (χ1n) is 13.8. The summed E-state index contributed by atoms with van der Waals surface area (Å²) in [6.45, 7) is 2.12. The number of amides is 2. The zero-order chi connectivity index (χ0) is 31.6. The van der Waals surface area contributed by atoms with E-state index in [1.165, 1.54) is 11.0 Å². The van der Waals surface area contributed by atoms with Crippen molar-refractivity contribution in [1.82, 2.24) is 10.2 Å². The Labute approximate surface area is 255 Å². The van der Waals surface area contributed by atoms with Crippen LogP contribution >= 0.6 is 11.6 Å². The van der Waals surface area contributed by atoms with Gasteiger partial charge in [0.25, 0.3) is 0 Å². The van der Waals surface area contributed by atoms with Gasteiger partial charge in [-0.05, 0) is 48.2 Å². The second-order valence-electron chi connectivity index (χ2n) is 10.1. The average molecular weight is 638 g/mol. The van der Waals surface area contributed by atoms with Gasteiger partial charge in [0.05, 0.1) is 17.5 Å². The molecular formula is C31H35ClF3N3O4S. The number of hydrogen-bond donors (Lipinski definition) is 1. The van der Waals surface area contributed by atoms with Crippen LogP contribution in [0.4, 0.5) is 18.9 Å². The molecule has 0 aliphatic heterocycles. The molecule has 1 unspecified atom stereocenters. The molecule has 0 aliphatic rings. The number of hydrogen-bond acceptors (Lipinski definition) is 4. The summed E-state index contributed by atoms with van der Waals surface area (Å²) < 4.78 is 65.9. The van der Waals surface area contributed by atoms with Crippen molar-refractivity contribution in [1.29, 1.82) is 0 Å². The van der Waals surface area contributed by atoms with Gasteiger partial charge in [-0.25, -0.2) is 8.42 Å². The maximum Gasteiger partial charge on any atom is 0.416 e. The highest BCUT2D eigenvalue weighted by atomic mass is 35.5. The van der Waals surface area contributed by atoms with Gasteiger partial charge in [0, 0.05) is 37.5 Å². The number of nitrogens with one attached hydrogen (secondary N) is 1. The Bertz CT molecular complexity index is 1490. The van der Waals surface area contributed by atoms with Crippen molar-refractivity contribution in [3.63, 3.8) is 0 Å². The lowest BCUT2D eigenvalue weighted by Gasteiger charge is -2.32. The standard InChI is InChI=1S/C31H35ClF3N3O4S/c1-3-18-36-30(40)28(20-23-11-5-4-6-12-23)37(22-24-13-7-8-16-27(24)32)29(39)17-10-19-38(43(2,41)42)26-15-9-14-25(21-26)31(33,34)35/h4-9,11-16,21,28H,3,10,17-20,22H2,1-2H3,(H,36,40). The van der Waals surface area contributed by atoms with Gasteiger partial charge in [0.1, 0.15) is 6.04 Å². The van der Waals surface area contributed by atoms with Crippen LogP contribution < -0.4 is 9.62 Å². The molecule has 7 nitrogen and oxygen atoms in total. The molecule has 0 saturated heterocycles. The molecule has 0 spiro atoms. The van der Waals surface area contributed by atoms with E-state index in [0.29, 0.717) is 23.6 Å². The number of anilines is 1. The molecule has 3 rings (SSSR count). The van der Waals surface area contributed by atoms with Gasteiger partial charge in [-0.15, -0.1) is 0 Å². The van der Waals surface area contributed by atoms with Crippen molar-refractivity contribution in [2.75, 3.05) is 23.7 Å². The number of benzene rings is 3. The Balaban J connectivity index is 1.89. The molecule has 0 bridgehead atoms. The van der Waals surface area contributed by atoms with Crippen LogP contribution in [0.5, 0.6) is 0 Å². The number of sulfonamides is 1. The molecule has 0 radical (unpaired) electrons. The van der Waals surface area contributed by atoms with Gasteiger partial charge < -0.3 is 10.2 Å². The first-order chi connectivity index (χ1) is 20.3. The predicted molar refractivity (Wildman–Crippen MR) is 162 cm³/mol. The lowest BCUT2D eigenvalue weighted by atomic mass is 10.0. The van der Waals surface area contributed by atoms with Crippen LogP contribution in [0.2, 0.25) is 5.02 Å². The van der Waals surface area contributed by atoms with E-state index in [0.717, 1.165) is 34.3 Å². The van der Waals surface area contributed by atoms with Crippen LogP contribution in [-0.4, -0.2) is 50.5 Å². The van der Waals surface area contributed by atoms with Gasteiger partial charge >= 0.3 is 6.18 Å². The summed E-state index contributed by atoms with van der Waals surface area (Å²) in [5, 5.41) is 3.29. The molecule has 12 heteroatoms. The molecule has 0 saturated carbocycles. The zero-order valence-electron chi connectivity index (χ0n) is 24.0. The van der Waals surface area contributed by atoms with Crippen molar-refractivity contribution >= 4 is 39.1 Å². The maximum atomic E-state index is 13.8. The molecule has 0 aliphatic carbocycles. The summed E-state index contributed by atoms with van der Waals surface area (Å²) in [6.07, 6.45) is -3.00. The largest absolute Gasteiger partial charge is 0.416 e. The number of rotatable bonds is 14. The lowest BCUT2D eigenvalue weighted by Crippen LogP contribution is -2.50. The minimum absolute atomic E-state index is 0.00416. The van der Waals surface area contributed by atoms with Crippen molar-refractivity contribution < 1.29 is 31.2 Å². The summed E-state index contributed by atoms with van der Waals surface area (Å²) in [4.78, 5) is 28.7. The average Bonchev–Trinajstić information content (AvgIpc) is 2.96. The van der Waals surface area contributed by atoms with Crippen LogP contribution in [0, 0.1) is 0 Å². The predicted octanol–water partition coefficient (Wildman–Crippen LogP) is 6.07. The lowest BCUT2D eigenvalue weighted by molar-refractivity contribution is -0.141. The first-order valence-corrected chi connectivity index (χ1v) is 16.0. The molecule has 0 fully saturated rings. The SMILES string of the molecule is CCCNC(=O)C(Cc1ccccc1)N(Cc1ccccc1Cl)C(=O)CCCN(c1cccc(C(F)(F)F)c1)S(C)(=O)=O. The Morgan fingerprint density at radius 3 is 2.28 bits per heavy atom. The summed E-state index contributed by atoms with van der Waals surface area (Å²) in [7, 11) is -3.97. The summed E-state index contributed by atoms with van der Waals surface area (Å²) in [5.74, 6) is -0.766. The topological polar surface area (TPSA) is 86.8 Å². The third-order valence-corrected chi connectivity index (χ3v) is 8.30. The summed E-state index contributed by atoms with van der Waals surface area (Å²) in [5.41, 5.74) is 0.325. The quantitative estimate of drug-likeness (QED) is 0.232. The Morgan fingerprint density at radius 2 is 1.65 bits per heavy atom. The van der Waals surface area contributed by atoms with Gasteiger partial charge in [-0.2, -0.15) is 13.2 Å². The summed E-state index contributed by atoms with van der Waals surface area (Å²) >= 11 is 6.42. The monoisotopic (exact) mass is 637 g/mol. The molecule has 3 aromatic rings. The van der Waals surface area contributed by atoms with Crippen LogP contribution in [0.15, 0.2) is 78.9 Å². The van der Waals surface area contributed by atoms with Crippen LogP contribution in [0.3, 0.4) is 0 Å².